The zero-order chi connectivity index (χ0) is 12.4. The number of carbonyl (C=O) groups is 2. The van der Waals surface area contributed by atoms with Gasteiger partial charge in [-0.2, -0.15) is 0 Å². The lowest BCUT2D eigenvalue weighted by Crippen LogP contribution is -2.06. The van der Waals surface area contributed by atoms with Crippen LogP contribution in [-0.4, -0.2) is 16.9 Å². The van der Waals surface area contributed by atoms with Crippen LogP contribution in [0.15, 0.2) is 29.8 Å². The number of aliphatic carboxylic acids is 1. The van der Waals surface area contributed by atoms with Gasteiger partial charge in [-0.25, -0.2) is 4.79 Å². The molecule has 88 valence electrons. The van der Waals surface area contributed by atoms with E-state index in [0.717, 1.165) is 28.1 Å². The number of carbonyl (C=O) groups excluding carboxylic acids is 1. The van der Waals surface area contributed by atoms with Crippen molar-refractivity contribution < 1.29 is 14.7 Å². The molecule has 0 unspecified atom stereocenters. The summed E-state index contributed by atoms with van der Waals surface area (Å²) in [6.45, 7) is 0. The predicted octanol–water partition coefficient (Wildman–Crippen LogP) is 2.82. The van der Waals surface area contributed by atoms with Gasteiger partial charge in [0, 0.05) is 20.8 Å². The van der Waals surface area contributed by atoms with Crippen LogP contribution in [0.3, 0.4) is 0 Å². The molecule has 0 saturated heterocycles. The highest BCUT2D eigenvalue weighted by Crippen LogP contribution is 2.25. The number of carboxylic acids is 1. The smallest absolute Gasteiger partial charge is 0.328 e. The second-order valence-corrected chi connectivity index (χ2v) is 5.24. The Balaban J connectivity index is 2.47. The summed E-state index contributed by atoms with van der Waals surface area (Å²) in [7, 11) is 0. The maximum Gasteiger partial charge on any atom is 0.328 e. The summed E-state index contributed by atoms with van der Waals surface area (Å²) in [6, 6.07) is 5.67. The molecule has 2 rings (SSSR count). The molecule has 0 spiro atoms. The standard InChI is InChI=1S/C13H11IO3/c14-10-4-5-11-8(6-10)2-1-3-9(13(11)17)7-12(15)16/h4-7H,1-3H2,(H,15,16)/b9-7+. The molecule has 1 aliphatic carbocycles. The average Bonchev–Trinajstić information content (AvgIpc) is 2.39. The third-order valence-corrected chi connectivity index (χ3v) is 3.46. The number of hydrogen-bond donors (Lipinski definition) is 1. The van der Waals surface area contributed by atoms with Gasteiger partial charge in [0.05, 0.1) is 0 Å². The summed E-state index contributed by atoms with van der Waals surface area (Å²) >= 11 is 2.21. The van der Waals surface area contributed by atoms with Crippen LogP contribution in [0, 0.1) is 3.57 Å². The Bertz CT molecular complexity index is 517. The Labute approximate surface area is 113 Å². The molecule has 4 heteroatoms. The first-order valence-corrected chi connectivity index (χ1v) is 6.42. The van der Waals surface area contributed by atoms with Crippen LogP contribution in [0.1, 0.15) is 28.8 Å². The Morgan fingerprint density at radius 3 is 2.82 bits per heavy atom. The normalized spacial score (nSPS) is 17.7. The number of ketones is 1. The van der Waals surface area contributed by atoms with Crippen molar-refractivity contribution in [3.8, 4) is 0 Å². The lowest BCUT2D eigenvalue weighted by atomic mass is 10.00. The molecule has 0 saturated carbocycles. The first-order valence-electron chi connectivity index (χ1n) is 5.34. The Morgan fingerprint density at radius 2 is 2.12 bits per heavy atom. The number of aryl methyl sites for hydroxylation is 1. The van der Waals surface area contributed by atoms with E-state index in [4.69, 9.17) is 5.11 Å². The highest BCUT2D eigenvalue weighted by atomic mass is 127. The molecule has 17 heavy (non-hydrogen) atoms. The highest BCUT2D eigenvalue weighted by molar-refractivity contribution is 14.1. The molecule has 0 bridgehead atoms. The fourth-order valence-electron chi connectivity index (χ4n) is 2.03. The Morgan fingerprint density at radius 1 is 1.35 bits per heavy atom. The molecule has 0 aliphatic heterocycles. The van der Waals surface area contributed by atoms with Crippen molar-refractivity contribution in [1.29, 1.82) is 0 Å². The highest BCUT2D eigenvalue weighted by Gasteiger charge is 2.20. The van der Waals surface area contributed by atoms with E-state index in [-0.39, 0.29) is 5.78 Å². The molecular weight excluding hydrogens is 331 g/mol. The van der Waals surface area contributed by atoms with Crippen molar-refractivity contribution in [3.63, 3.8) is 0 Å². The summed E-state index contributed by atoms with van der Waals surface area (Å²) in [5.41, 5.74) is 2.07. The van der Waals surface area contributed by atoms with Gasteiger partial charge in [-0.1, -0.05) is 0 Å². The van der Waals surface area contributed by atoms with Gasteiger partial charge in [0.15, 0.2) is 5.78 Å². The van der Waals surface area contributed by atoms with Gasteiger partial charge in [0.2, 0.25) is 0 Å². The van der Waals surface area contributed by atoms with Crippen molar-refractivity contribution >= 4 is 34.3 Å². The fraction of sp³-hybridized carbons (Fsp3) is 0.231. The van der Waals surface area contributed by atoms with Crippen molar-refractivity contribution in [2.45, 2.75) is 19.3 Å². The summed E-state index contributed by atoms with van der Waals surface area (Å²) in [6.07, 6.45) is 3.22. The minimum Gasteiger partial charge on any atom is -0.478 e. The number of benzene rings is 1. The molecule has 0 amide bonds. The third kappa shape index (κ3) is 2.74. The maximum atomic E-state index is 12.1. The molecule has 1 aliphatic rings. The van der Waals surface area contributed by atoms with Crippen LogP contribution < -0.4 is 0 Å². The molecular formula is C13H11IO3. The zero-order valence-electron chi connectivity index (χ0n) is 9.07. The molecule has 0 fully saturated rings. The molecule has 1 aromatic rings. The minimum atomic E-state index is -1.05. The Kier molecular flexibility index (Phi) is 3.61. The zero-order valence-corrected chi connectivity index (χ0v) is 11.2. The topological polar surface area (TPSA) is 54.4 Å². The fourth-order valence-corrected chi connectivity index (χ4v) is 2.59. The lowest BCUT2D eigenvalue weighted by Gasteiger charge is -2.05. The molecule has 1 N–H and O–H groups in total. The second-order valence-electron chi connectivity index (χ2n) is 3.99. The Hall–Kier alpha value is -1.17. The van der Waals surface area contributed by atoms with Crippen LogP contribution in [0.5, 0.6) is 0 Å². The quantitative estimate of drug-likeness (QED) is 0.485. The predicted molar refractivity (Wildman–Crippen MR) is 72.1 cm³/mol. The summed E-state index contributed by atoms with van der Waals surface area (Å²) in [5.74, 6) is -1.20. The molecule has 0 atom stereocenters. The van der Waals surface area contributed by atoms with Crippen molar-refractivity contribution in [2.24, 2.45) is 0 Å². The van der Waals surface area contributed by atoms with Crippen LogP contribution >= 0.6 is 22.6 Å². The average molecular weight is 342 g/mol. The van der Waals surface area contributed by atoms with E-state index in [2.05, 4.69) is 22.6 Å². The van der Waals surface area contributed by atoms with Crippen molar-refractivity contribution in [3.05, 3.63) is 44.5 Å². The lowest BCUT2D eigenvalue weighted by molar-refractivity contribution is -0.131. The first kappa shape index (κ1) is 12.3. The summed E-state index contributed by atoms with van der Waals surface area (Å²) in [5, 5.41) is 8.74. The van der Waals surface area contributed by atoms with E-state index in [0.29, 0.717) is 17.6 Å². The first-order chi connectivity index (χ1) is 8.08. The molecule has 3 nitrogen and oxygen atoms in total. The van der Waals surface area contributed by atoms with Gasteiger partial charge in [0.25, 0.3) is 0 Å². The maximum absolute atomic E-state index is 12.1. The van der Waals surface area contributed by atoms with E-state index in [1.54, 1.807) is 6.07 Å². The van der Waals surface area contributed by atoms with E-state index in [1.165, 1.54) is 0 Å². The van der Waals surface area contributed by atoms with Crippen LogP contribution in [0.25, 0.3) is 0 Å². The van der Waals surface area contributed by atoms with Crippen LogP contribution in [0.2, 0.25) is 0 Å². The minimum absolute atomic E-state index is 0.142. The van der Waals surface area contributed by atoms with E-state index >= 15 is 0 Å². The molecule has 0 aromatic heterocycles. The van der Waals surface area contributed by atoms with Crippen molar-refractivity contribution in [2.75, 3.05) is 0 Å². The number of hydrogen-bond acceptors (Lipinski definition) is 2. The van der Waals surface area contributed by atoms with Gasteiger partial charge in [-0.15, -0.1) is 0 Å². The number of fused-ring (bicyclic) bond motifs is 1. The van der Waals surface area contributed by atoms with E-state index < -0.39 is 5.97 Å². The van der Waals surface area contributed by atoms with Gasteiger partial charge in [-0.05, 0) is 65.6 Å². The number of Topliss-reactive ketones (excluding diaryl/α,β-unsaturated/α-hetero) is 1. The van der Waals surface area contributed by atoms with Crippen LogP contribution in [-0.2, 0) is 11.2 Å². The number of halogens is 1. The third-order valence-electron chi connectivity index (χ3n) is 2.79. The SMILES string of the molecule is O=C(O)/C=C1\CCCc2cc(I)ccc2C1=O. The van der Waals surface area contributed by atoms with Crippen molar-refractivity contribution in [1.82, 2.24) is 0 Å². The van der Waals surface area contributed by atoms with Gasteiger partial charge in [0.1, 0.15) is 0 Å². The van der Waals surface area contributed by atoms with Gasteiger partial charge < -0.3 is 5.11 Å². The summed E-state index contributed by atoms with van der Waals surface area (Å²) in [4.78, 5) is 22.8. The molecule has 0 radical (unpaired) electrons. The van der Waals surface area contributed by atoms with E-state index in [9.17, 15) is 9.59 Å². The largest absolute Gasteiger partial charge is 0.478 e. The monoisotopic (exact) mass is 342 g/mol. The van der Waals surface area contributed by atoms with E-state index in [1.807, 2.05) is 12.1 Å². The van der Waals surface area contributed by atoms with Gasteiger partial charge >= 0.3 is 5.97 Å². The number of carboxylic acid groups (broad SMARTS) is 1. The summed E-state index contributed by atoms with van der Waals surface area (Å²) < 4.78 is 1.10. The molecule has 0 heterocycles. The van der Waals surface area contributed by atoms with Gasteiger partial charge in [-0.3, -0.25) is 4.79 Å². The number of rotatable bonds is 1. The molecule has 1 aromatic carbocycles. The second kappa shape index (κ2) is 5.00. The van der Waals surface area contributed by atoms with Crippen LogP contribution in [0.4, 0.5) is 0 Å². The number of allylic oxidation sites excluding steroid dienone is 1.